The Kier molecular flexibility index (Phi) is 3.10. The SMILES string of the molecule is O=C(c1cc(=O)c2ccccc2o1)N1CCC(=C2CC2)CC1. The second kappa shape index (κ2) is 5.13. The summed E-state index contributed by atoms with van der Waals surface area (Å²) in [5.41, 5.74) is 3.42. The first-order valence-electron chi connectivity index (χ1n) is 7.74. The molecule has 0 atom stereocenters. The van der Waals surface area contributed by atoms with Gasteiger partial charge in [0.15, 0.2) is 11.2 Å². The fraction of sp³-hybridized carbons (Fsp3) is 0.333. The molecule has 1 saturated carbocycles. The zero-order chi connectivity index (χ0) is 15.1. The van der Waals surface area contributed by atoms with E-state index < -0.39 is 0 Å². The van der Waals surface area contributed by atoms with Crippen molar-refractivity contribution < 1.29 is 9.21 Å². The zero-order valence-electron chi connectivity index (χ0n) is 12.3. The normalized spacial score (nSPS) is 17.9. The maximum Gasteiger partial charge on any atom is 0.289 e. The number of carbonyl (C=O) groups excluding carboxylic acids is 1. The van der Waals surface area contributed by atoms with Crippen molar-refractivity contribution in [3.63, 3.8) is 0 Å². The fourth-order valence-corrected chi connectivity index (χ4v) is 3.11. The van der Waals surface area contributed by atoms with E-state index in [0.717, 1.165) is 12.8 Å². The van der Waals surface area contributed by atoms with Gasteiger partial charge in [0.2, 0.25) is 0 Å². The van der Waals surface area contributed by atoms with E-state index in [9.17, 15) is 9.59 Å². The lowest BCUT2D eigenvalue weighted by Crippen LogP contribution is -2.36. The van der Waals surface area contributed by atoms with Crippen LogP contribution in [0.25, 0.3) is 11.0 Å². The molecule has 4 nitrogen and oxygen atoms in total. The van der Waals surface area contributed by atoms with Gasteiger partial charge in [-0.15, -0.1) is 0 Å². The highest BCUT2D eigenvalue weighted by Crippen LogP contribution is 2.36. The number of piperidine rings is 1. The molecule has 22 heavy (non-hydrogen) atoms. The molecule has 1 aromatic carbocycles. The van der Waals surface area contributed by atoms with Crippen molar-refractivity contribution >= 4 is 16.9 Å². The number of carbonyl (C=O) groups is 1. The summed E-state index contributed by atoms with van der Waals surface area (Å²) in [5, 5.41) is 0.512. The molecule has 1 aliphatic heterocycles. The minimum Gasteiger partial charge on any atom is -0.451 e. The largest absolute Gasteiger partial charge is 0.451 e. The molecule has 2 fully saturated rings. The minimum atomic E-state index is -0.178. The average Bonchev–Trinajstić information content (AvgIpc) is 3.39. The molecule has 2 aliphatic rings. The molecule has 2 aromatic rings. The molecule has 1 aliphatic carbocycles. The lowest BCUT2D eigenvalue weighted by atomic mass is 10.0. The highest BCUT2D eigenvalue weighted by molar-refractivity contribution is 5.93. The Morgan fingerprint density at radius 3 is 2.41 bits per heavy atom. The number of amides is 1. The number of hydrogen-bond acceptors (Lipinski definition) is 3. The van der Waals surface area contributed by atoms with Gasteiger partial charge in [-0.1, -0.05) is 23.3 Å². The molecule has 0 bridgehead atoms. The van der Waals surface area contributed by atoms with Gasteiger partial charge in [0.25, 0.3) is 5.91 Å². The Morgan fingerprint density at radius 1 is 1.00 bits per heavy atom. The molecule has 4 rings (SSSR count). The van der Waals surface area contributed by atoms with Gasteiger partial charge in [-0.2, -0.15) is 0 Å². The van der Waals surface area contributed by atoms with Crippen LogP contribution in [0.2, 0.25) is 0 Å². The monoisotopic (exact) mass is 295 g/mol. The first-order valence-corrected chi connectivity index (χ1v) is 7.74. The third-order valence-electron chi connectivity index (χ3n) is 4.50. The summed E-state index contributed by atoms with van der Waals surface area (Å²) in [4.78, 5) is 26.5. The van der Waals surface area contributed by atoms with E-state index in [2.05, 4.69) is 0 Å². The summed E-state index contributed by atoms with van der Waals surface area (Å²) < 4.78 is 5.64. The molecule has 0 radical (unpaired) electrons. The van der Waals surface area contributed by atoms with Crippen LogP contribution < -0.4 is 5.43 Å². The summed E-state index contributed by atoms with van der Waals surface area (Å²) in [6.45, 7) is 1.43. The molecule has 0 spiro atoms. The van der Waals surface area contributed by atoms with E-state index in [-0.39, 0.29) is 17.1 Å². The number of para-hydroxylation sites is 1. The Labute approximate surface area is 128 Å². The van der Waals surface area contributed by atoms with Crippen molar-refractivity contribution in [1.82, 2.24) is 4.90 Å². The van der Waals surface area contributed by atoms with Crippen LogP contribution in [0.4, 0.5) is 0 Å². The molecule has 1 amide bonds. The summed E-state index contributed by atoms with van der Waals surface area (Å²) in [6.07, 6.45) is 4.39. The van der Waals surface area contributed by atoms with E-state index in [4.69, 9.17) is 4.42 Å². The molecule has 1 aromatic heterocycles. The Balaban J connectivity index is 1.60. The van der Waals surface area contributed by atoms with Crippen molar-refractivity contribution in [3.8, 4) is 0 Å². The minimum absolute atomic E-state index is 0.145. The third-order valence-corrected chi connectivity index (χ3v) is 4.50. The Morgan fingerprint density at radius 2 is 1.68 bits per heavy atom. The predicted octanol–water partition coefficient (Wildman–Crippen LogP) is 3.12. The molecular formula is C18H17NO3. The van der Waals surface area contributed by atoms with Gasteiger partial charge in [0.05, 0.1) is 5.39 Å². The van der Waals surface area contributed by atoms with E-state index >= 15 is 0 Å². The smallest absolute Gasteiger partial charge is 0.289 e. The molecule has 1 saturated heterocycles. The summed E-state index contributed by atoms with van der Waals surface area (Å²) >= 11 is 0. The van der Waals surface area contributed by atoms with Crippen LogP contribution in [-0.2, 0) is 0 Å². The number of hydrogen-bond donors (Lipinski definition) is 0. The lowest BCUT2D eigenvalue weighted by molar-refractivity contribution is 0.0712. The Hall–Kier alpha value is -2.36. The van der Waals surface area contributed by atoms with Crippen LogP contribution in [0, 0.1) is 0 Å². The number of allylic oxidation sites excluding steroid dienone is 1. The van der Waals surface area contributed by atoms with Gasteiger partial charge in [0, 0.05) is 19.2 Å². The van der Waals surface area contributed by atoms with E-state index in [1.807, 2.05) is 0 Å². The molecule has 2 heterocycles. The van der Waals surface area contributed by atoms with E-state index in [1.165, 1.54) is 24.5 Å². The number of fused-ring (bicyclic) bond motifs is 1. The van der Waals surface area contributed by atoms with Crippen molar-refractivity contribution in [2.45, 2.75) is 25.7 Å². The predicted molar refractivity (Wildman–Crippen MR) is 83.9 cm³/mol. The van der Waals surface area contributed by atoms with Crippen LogP contribution in [0.1, 0.15) is 36.2 Å². The quantitative estimate of drug-likeness (QED) is 0.760. The van der Waals surface area contributed by atoms with Gasteiger partial charge in [-0.3, -0.25) is 9.59 Å². The number of rotatable bonds is 1. The highest BCUT2D eigenvalue weighted by atomic mass is 16.3. The number of nitrogens with zero attached hydrogens (tertiary/aromatic N) is 1. The second-order valence-electron chi connectivity index (χ2n) is 5.97. The van der Waals surface area contributed by atoms with Gasteiger partial charge in [-0.25, -0.2) is 0 Å². The summed E-state index contributed by atoms with van der Waals surface area (Å²) in [5.74, 6) is -0.0334. The molecular weight excluding hydrogens is 278 g/mol. The first-order chi connectivity index (χ1) is 10.7. The summed E-state index contributed by atoms with van der Waals surface area (Å²) in [6, 6.07) is 8.34. The number of likely N-dealkylation sites (tertiary alicyclic amines) is 1. The van der Waals surface area contributed by atoms with Crippen LogP contribution in [-0.4, -0.2) is 23.9 Å². The summed E-state index contributed by atoms with van der Waals surface area (Å²) in [7, 11) is 0. The molecule has 4 heteroatoms. The van der Waals surface area contributed by atoms with Crippen molar-refractivity contribution in [2.24, 2.45) is 0 Å². The second-order valence-corrected chi connectivity index (χ2v) is 5.97. The van der Waals surface area contributed by atoms with Crippen LogP contribution in [0.5, 0.6) is 0 Å². The van der Waals surface area contributed by atoms with Gasteiger partial charge < -0.3 is 9.32 Å². The van der Waals surface area contributed by atoms with Crippen LogP contribution in [0.15, 0.2) is 50.7 Å². The Bertz CT molecular complexity index is 831. The standard InChI is InChI=1S/C18H17NO3/c20-15-11-17(22-16-4-2-1-3-14(15)16)18(21)19-9-7-13(8-10-19)12-5-6-12/h1-4,11H,5-10H2. The average molecular weight is 295 g/mol. The maximum absolute atomic E-state index is 12.6. The topological polar surface area (TPSA) is 50.5 Å². The van der Waals surface area contributed by atoms with Gasteiger partial charge in [0.1, 0.15) is 5.58 Å². The van der Waals surface area contributed by atoms with Crippen LogP contribution >= 0.6 is 0 Å². The van der Waals surface area contributed by atoms with E-state index in [0.29, 0.717) is 24.1 Å². The molecule has 0 N–H and O–H groups in total. The van der Waals surface area contributed by atoms with Gasteiger partial charge >= 0.3 is 0 Å². The maximum atomic E-state index is 12.6. The van der Waals surface area contributed by atoms with Crippen molar-refractivity contribution in [3.05, 3.63) is 57.5 Å². The lowest BCUT2D eigenvalue weighted by Gasteiger charge is -2.28. The van der Waals surface area contributed by atoms with Crippen molar-refractivity contribution in [1.29, 1.82) is 0 Å². The van der Waals surface area contributed by atoms with E-state index in [1.54, 1.807) is 34.7 Å². The van der Waals surface area contributed by atoms with Crippen molar-refractivity contribution in [2.75, 3.05) is 13.1 Å². The highest BCUT2D eigenvalue weighted by Gasteiger charge is 2.26. The molecule has 0 unspecified atom stereocenters. The third kappa shape index (κ3) is 2.34. The van der Waals surface area contributed by atoms with Crippen LogP contribution in [0.3, 0.4) is 0 Å². The zero-order valence-corrected chi connectivity index (χ0v) is 12.3. The molecule has 112 valence electrons. The number of benzene rings is 1. The fourth-order valence-electron chi connectivity index (χ4n) is 3.11. The van der Waals surface area contributed by atoms with Gasteiger partial charge in [-0.05, 0) is 37.8 Å². The first kappa shape index (κ1) is 13.3.